The Balaban J connectivity index is 2.03. The molecule has 1 aromatic rings. The van der Waals surface area contributed by atoms with Crippen LogP contribution in [0.5, 0.6) is 0 Å². The lowest BCUT2D eigenvalue weighted by molar-refractivity contribution is 0.0450. The van der Waals surface area contributed by atoms with Gasteiger partial charge in [-0.3, -0.25) is 0 Å². The van der Waals surface area contributed by atoms with E-state index >= 15 is 0 Å². The average molecular weight is 232 g/mol. The zero-order valence-electron chi connectivity index (χ0n) is 11.1. The minimum absolute atomic E-state index is 0.206. The molecule has 1 fully saturated rings. The predicted molar refractivity (Wildman–Crippen MR) is 72.2 cm³/mol. The van der Waals surface area contributed by atoms with E-state index in [0.717, 1.165) is 6.42 Å². The number of aliphatic hydroxyl groups is 1. The van der Waals surface area contributed by atoms with E-state index in [9.17, 15) is 5.11 Å². The summed E-state index contributed by atoms with van der Waals surface area (Å²) < 4.78 is 0. The van der Waals surface area contributed by atoms with Crippen molar-refractivity contribution in [2.24, 2.45) is 5.41 Å². The highest BCUT2D eigenvalue weighted by Crippen LogP contribution is 2.43. The van der Waals surface area contributed by atoms with E-state index in [-0.39, 0.29) is 5.41 Å². The van der Waals surface area contributed by atoms with Gasteiger partial charge in [0.2, 0.25) is 0 Å². The van der Waals surface area contributed by atoms with E-state index in [1.807, 2.05) is 0 Å². The average Bonchev–Trinajstić information content (AvgIpc) is 2.33. The zero-order chi connectivity index (χ0) is 12.3. The summed E-state index contributed by atoms with van der Waals surface area (Å²) in [6, 6.07) is 9.01. The van der Waals surface area contributed by atoms with Crippen LogP contribution < -0.4 is 0 Å². The van der Waals surface area contributed by atoms with Gasteiger partial charge in [0.15, 0.2) is 0 Å². The molecule has 1 heteroatoms. The maximum atomic E-state index is 9.48. The third-order valence-corrected chi connectivity index (χ3v) is 4.49. The van der Waals surface area contributed by atoms with Gasteiger partial charge < -0.3 is 5.11 Å². The Bertz CT molecular complexity index is 343. The molecule has 17 heavy (non-hydrogen) atoms. The maximum absolute atomic E-state index is 9.48. The van der Waals surface area contributed by atoms with Crippen LogP contribution in [-0.2, 0) is 6.42 Å². The molecule has 1 aromatic carbocycles. The Kier molecular flexibility index (Phi) is 3.88. The Hall–Kier alpha value is -0.820. The molecule has 1 aliphatic carbocycles. The first-order valence-corrected chi connectivity index (χ1v) is 6.89. The molecule has 0 amide bonds. The maximum Gasteiger partial charge on any atom is 0.0490 e. The summed E-state index contributed by atoms with van der Waals surface area (Å²) in [4.78, 5) is 0. The van der Waals surface area contributed by atoms with E-state index in [0.29, 0.717) is 12.5 Å². The first kappa shape index (κ1) is 12.6. The topological polar surface area (TPSA) is 20.2 Å². The van der Waals surface area contributed by atoms with Gasteiger partial charge in [0.05, 0.1) is 0 Å². The molecule has 0 spiro atoms. The molecule has 0 aromatic heterocycles. The summed E-state index contributed by atoms with van der Waals surface area (Å²) in [5.41, 5.74) is 3.02. The smallest absolute Gasteiger partial charge is 0.0490 e. The van der Waals surface area contributed by atoms with E-state index < -0.39 is 0 Å². The van der Waals surface area contributed by atoms with Crippen LogP contribution in [0.4, 0.5) is 0 Å². The van der Waals surface area contributed by atoms with E-state index in [2.05, 4.69) is 38.1 Å². The monoisotopic (exact) mass is 232 g/mol. The lowest BCUT2D eigenvalue weighted by atomic mass is 9.66. The van der Waals surface area contributed by atoms with Crippen molar-refractivity contribution in [1.82, 2.24) is 0 Å². The van der Waals surface area contributed by atoms with Crippen LogP contribution in [0.1, 0.15) is 56.6 Å². The fraction of sp³-hybridized carbons (Fsp3) is 0.625. The summed E-state index contributed by atoms with van der Waals surface area (Å²) in [6.07, 6.45) is 5.91. The first-order valence-electron chi connectivity index (χ1n) is 6.89. The molecule has 0 bridgehead atoms. The highest BCUT2D eigenvalue weighted by Gasteiger charge is 2.36. The number of aliphatic hydroxyl groups excluding tert-OH is 1. The quantitative estimate of drug-likeness (QED) is 0.816. The van der Waals surface area contributed by atoms with Crippen LogP contribution >= 0.6 is 0 Å². The largest absolute Gasteiger partial charge is 0.396 e. The molecule has 1 unspecified atom stereocenters. The Labute approximate surface area is 105 Å². The van der Waals surface area contributed by atoms with Gasteiger partial charge in [0.25, 0.3) is 0 Å². The van der Waals surface area contributed by atoms with Crippen molar-refractivity contribution in [2.75, 3.05) is 6.61 Å². The molecular weight excluding hydrogens is 208 g/mol. The van der Waals surface area contributed by atoms with Gasteiger partial charge in [-0.2, -0.15) is 0 Å². The predicted octanol–water partition coefficient (Wildman–Crippen LogP) is 3.91. The van der Waals surface area contributed by atoms with Crippen LogP contribution in [0.15, 0.2) is 24.3 Å². The van der Waals surface area contributed by atoms with Crippen LogP contribution in [0.2, 0.25) is 0 Å². The molecule has 0 aliphatic heterocycles. The van der Waals surface area contributed by atoms with Crippen molar-refractivity contribution in [1.29, 1.82) is 0 Å². The second-order valence-electron chi connectivity index (χ2n) is 5.74. The number of hydrogen-bond donors (Lipinski definition) is 1. The van der Waals surface area contributed by atoms with Gasteiger partial charge in [0.1, 0.15) is 0 Å². The SMILES string of the molecule is CCC(C)c1ccc(CC2(CO)CCC2)cc1. The molecule has 1 nitrogen and oxygen atoms in total. The summed E-state index contributed by atoms with van der Waals surface area (Å²) in [6.45, 7) is 4.85. The Morgan fingerprint density at radius 2 is 1.88 bits per heavy atom. The fourth-order valence-electron chi connectivity index (χ4n) is 2.70. The molecule has 1 aliphatic rings. The Morgan fingerprint density at radius 3 is 2.29 bits per heavy atom. The van der Waals surface area contributed by atoms with Gasteiger partial charge in [0, 0.05) is 6.61 Å². The zero-order valence-corrected chi connectivity index (χ0v) is 11.1. The lowest BCUT2D eigenvalue weighted by Gasteiger charge is -2.40. The molecule has 0 radical (unpaired) electrons. The third kappa shape index (κ3) is 2.71. The minimum atomic E-state index is 0.206. The van der Waals surface area contributed by atoms with Gasteiger partial charge in [-0.1, -0.05) is 44.5 Å². The normalized spacial score (nSPS) is 19.7. The van der Waals surface area contributed by atoms with E-state index in [1.54, 1.807) is 0 Å². The van der Waals surface area contributed by atoms with Crippen LogP contribution in [0.3, 0.4) is 0 Å². The molecule has 0 heterocycles. The fourth-order valence-corrected chi connectivity index (χ4v) is 2.70. The molecule has 2 rings (SSSR count). The van der Waals surface area contributed by atoms with Gasteiger partial charge in [-0.05, 0) is 48.1 Å². The standard InChI is InChI=1S/C16H24O/c1-3-13(2)15-7-5-14(6-8-15)11-16(12-17)9-4-10-16/h5-8,13,17H,3-4,9-12H2,1-2H3. The number of hydrogen-bond acceptors (Lipinski definition) is 1. The molecule has 94 valence electrons. The summed E-state index contributed by atoms with van der Waals surface area (Å²) in [5, 5.41) is 9.48. The number of rotatable bonds is 5. The molecule has 0 saturated heterocycles. The van der Waals surface area contributed by atoms with Crippen molar-refractivity contribution in [2.45, 2.75) is 51.9 Å². The summed E-state index contributed by atoms with van der Waals surface area (Å²) >= 11 is 0. The third-order valence-electron chi connectivity index (χ3n) is 4.49. The Morgan fingerprint density at radius 1 is 1.24 bits per heavy atom. The molecular formula is C16H24O. The first-order chi connectivity index (χ1) is 8.19. The van der Waals surface area contributed by atoms with Crippen LogP contribution in [0, 0.1) is 5.41 Å². The summed E-state index contributed by atoms with van der Waals surface area (Å²) in [5.74, 6) is 0.652. The van der Waals surface area contributed by atoms with Crippen molar-refractivity contribution in [3.63, 3.8) is 0 Å². The summed E-state index contributed by atoms with van der Waals surface area (Å²) in [7, 11) is 0. The second-order valence-corrected chi connectivity index (χ2v) is 5.74. The van der Waals surface area contributed by atoms with Crippen LogP contribution in [-0.4, -0.2) is 11.7 Å². The minimum Gasteiger partial charge on any atom is -0.396 e. The van der Waals surface area contributed by atoms with Gasteiger partial charge in [-0.25, -0.2) is 0 Å². The molecule has 1 atom stereocenters. The van der Waals surface area contributed by atoms with Crippen molar-refractivity contribution in [3.05, 3.63) is 35.4 Å². The van der Waals surface area contributed by atoms with Crippen molar-refractivity contribution in [3.8, 4) is 0 Å². The highest BCUT2D eigenvalue weighted by atomic mass is 16.3. The second kappa shape index (κ2) is 5.22. The molecule has 1 saturated carbocycles. The highest BCUT2D eigenvalue weighted by molar-refractivity contribution is 5.26. The van der Waals surface area contributed by atoms with E-state index in [1.165, 1.54) is 36.8 Å². The number of benzene rings is 1. The van der Waals surface area contributed by atoms with E-state index in [4.69, 9.17) is 0 Å². The van der Waals surface area contributed by atoms with Gasteiger partial charge >= 0.3 is 0 Å². The molecule has 1 N–H and O–H groups in total. The lowest BCUT2D eigenvalue weighted by Crippen LogP contribution is -2.35. The van der Waals surface area contributed by atoms with Crippen molar-refractivity contribution < 1.29 is 5.11 Å². The van der Waals surface area contributed by atoms with Crippen LogP contribution in [0.25, 0.3) is 0 Å². The van der Waals surface area contributed by atoms with Gasteiger partial charge in [-0.15, -0.1) is 0 Å². The van der Waals surface area contributed by atoms with Crippen molar-refractivity contribution >= 4 is 0 Å².